The summed E-state index contributed by atoms with van der Waals surface area (Å²) in [5.41, 5.74) is -0.442. The van der Waals surface area contributed by atoms with E-state index in [1.807, 2.05) is 6.92 Å². The van der Waals surface area contributed by atoms with E-state index in [0.717, 1.165) is 12.7 Å². The summed E-state index contributed by atoms with van der Waals surface area (Å²) in [6, 6.07) is 6.94. The molecule has 1 aromatic carbocycles. The first-order valence-corrected chi connectivity index (χ1v) is 5.97. The SMILES string of the molecule is COC(=O)c1nnn(Cc2ccc(C)cc2)c1C(F)(F)F. The Labute approximate surface area is 118 Å². The molecule has 5 nitrogen and oxygen atoms in total. The van der Waals surface area contributed by atoms with E-state index in [0.29, 0.717) is 10.2 Å². The highest BCUT2D eigenvalue weighted by atomic mass is 19.4. The summed E-state index contributed by atoms with van der Waals surface area (Å²) in [5.74, 6) is -1.17. The topological polar surface area (TPSA) is 57.0 Å². The molecule has 8 heteroatoms. The van der Waals surface area contributed by atoms with Crippen LogP contribution < -0.4 is 0 Å². The third-order valence-electron chi connectivity index (χ3n) is 2.84. The number of carbonyl (C=O) groups is 1. The molecule has 1 heterocycles. The van der Waals surface area contributed by atoms with Crippen molar-refractivity contribution in [3.8, 4) is 0 Å². The molecule has 0 radical (unpaired) electrons. The number of hydrogen-bond acceptors (Lipinski definition) is 4. The van der Waals surface area contributed by atoms with Crippen molar-refractivity contribution in [2.45, 2.75) is 19.6 Å². The summed E-state index contributed by atoms with van der Waals surface area (Å²) < 4.78 is 44.2. The minimum absolute atomic E-state index is 0.140. The number of nitrogens with zero attached hydrogens (tertiary/aromatic N) is 3. The van der Waals surface area contributed by atoms with Gasteiger partial charge in [-0.25, -0.2) is 9.48 Å². The molecule has 0 N–H and O–H groups in total. The Balaban J connectivity index is 2.42. The zero-order chi connectivity index (χ0) is 15.6. The van der Waals surface area contributed by atoms with Crippen LogP contribution in [0.1, 0.15) is 27.3 Å². The van der Waals surface area contributed by atoms with Crippen LogP contribution in [0.4, 0.5) is 13.2 Å². The Bertz CT molecular complexity index is 648. The third kappa shape index (κ3) is 3.21. The maximum Gasteiger partial charge on any atom is 0.435 e. The van der Waals surface area contributed by atoms with Gasteiger partial charge in [0.2, 0.25) is 5.69 Å². The van der Waals surface area contributed by atoms with Gasteiger partial charge < -0.3 is 4.74 Å². The molecule has 0 amide bonds. The molecule has 2 rings (SSSR count). The van der Waals surface area contributed by atoms with Gasteiger partial charge in [0.15, 0.2) is 5.69 Å². The Morgan fingerprint density at radius 3 is 2.43 bits per heavy atom. The van der Waals surface area contributed by atoms with Crippen molar-refractivity contribution in [3.63, 3.8) is 0 Å². The summed E-state index contributed by atoms with van der Waals surface area (Å²) in [7, 11) is 0.988. The molecule has 0 aliphatic rings. The molecule has 1 aromatic heterocycles. The highest BCUT2D eigenvalue weighted by molar-refractivity contribution is 5.88. The Hall–Kier alpha value is -2.38. The van der Waals surface area contributed by atoms with Crippen molar-refractivity contribution in [3.05, 3.63) is 46.8 Å². The van der Waals surface area contributed by atoms with Gasteiger partial charge >= 0.3 is 12.1 Å². The van der Waals surface area contributed by atoms with Crippen molar-refractivity contribution in [1.29, 1.82) is 0 Å². The molecule has 0 bridgehead atoms. The zero-order valence-corrected chi connectivity index (χ0v) is 11.3. The first-order valence-electron chi connectivity index (χ1n) is 5.97. The van der Waals surface area contributed by atoms with Crippen LogP contribution in [0.25, 0.3) is 0 Å². The first-order chi connectivity index (χ1) is 9.82. The van der Waals surface area contributed by atoms with Crippen molar-refractivity contribution in [2.75, 3.05) is 7.11 Å². The predicted molar refractivity (Wildman–Crippen MR) is 66.6 cm³/mol. The van der Waals surface area contributed by atoms with E-state index < -0.39 is 23.5 Å². The van der Waals surface area contributed by atoms with Gasteiger partial charge in [-0.2, -0.15) is 13.2 Å². The van der Waals surface area contributed by atoms with Gasteiger partial charge in [-0.05, 0) is 12.5 Å². The molecule has 0 spiro atoms. The molecule has 0 fully saturated rings. The summed E-state index contributed by atoms with van der Waals surface area (Å²) in [5, 5.41) is 6.70. The second-order valence-corrected chi connectivity index (χ2v) is 4.42. The van der Waals surface area contributed by atoms with Gasteiger partial charge in [0.1, 0.15) is 0 Å². The molecule has 2 aromatic rings. The van der Waals surface area contributed by atoms with Crippen molar-refractivity contribution in [1.82, 2.24) is 15.0 Å². The number of alkyl halides is 3. The van der Waals surface area contributed by atoms with Crippen LogP contribution in [-0.4, -0.2) is 28.1 Å². The van der Waals surface area contributed by atoms with Gasteiger partial charge in [-0.3, -0.25) is 0 Å². The van der Waals surface area contributed by atoms with E-state index in [9.17, 15) is 18.0 Å². The average Bonchev–Trinajstić information content (AvgIpc) is 2.84. The fourth-order valence-electron chi connectivity index (χ4n) is 1.80. The normalized spacial score (nSPS) is 11.5. The predicted octanol–water partition coefficient (Wildman–Crippen LogP) is 2.44. The number of esters is 1. The molecule has 0 atom stereocenters. The summed E-state index contributed by atoms with van der Waals surface area (Å²) in [6.07, 6.45) is -4.75. The third-order valence-corrected chi connectivity index (χ3v) is 2.84. The van der Waals surface area contributed by atoms with Gasteiger partial charge in [-0.15, -0.1) is 5.10 Å². The van der Waals surface area contributed by atoms with E-state index >= 15 is 0 Å². The second kappa shape index (κ2) is 5.55. The number of aromatic nitrogens is 3. The minimum Gasteiger partial charge on any atom is -0.464 e. The van der Waals surface area contributed by atoms with Crippen LogP contribution in [0.5, 0.6) is 0 Å². The lowest BCUT2D eigenvalue weighted by Crippen LogP contribution is -2.19. The standard InChI is InChI=1S/C13H12F3N3O2/c1-8-3-5-9(6-4-8)7-19-11(13(14,15)16)10(17-18-19)12(20)21-2/h3-6H,7H2,1-2H3. The molecule has 0 aliphatic carbocycles. The fourth-order valence-corrected chi connectivity index (χ4v) is 1.80. The van der Waals surface area contributed by atoms with Gasteiger partial charge in [0.05, 0.1) is 13.7 Å². The second-order valence-electron chi connectivity index (χ2n) is 4.42. The molecule has 0 saturated carbocycles. The maximum absolute atomic E-state index is 13.1. The van der Waals surface area contributed by atoms with E-state index in [1.165, 1.54) is 0 Å². The quantitative estimate of drug-likeness (QED) is 0.817. The van der Waals surface area contributed by atoms with Gasteiger partial charge in [0, 0.05) is 0 Å². The minimum atomic E-state index is -4.75. The van der Waals surface area contributed by atoms with Crippen LogP contribution in [-0.2, 0) is 17.5 Å². The van der Waals surface area contributed by atoms with Crippen molar-refractivity contribution >= 4 is 5.97 Å². The molecular weight excluding hydrogens is 287 g/mol. The monoisotopic (exact) mass is 299 g/mol. The van der Waals surface area contributed by atoms with E-state index in [2.05, 4.69) is 15.0 Å². The zero-order valence-electron chi connectivity index (χ0n) is 11.3. The molecule has 0 unspecified atom stereocenters. The lowest BCUT2D eigenvalue weighted by Gasteiger charge is -2.10. The highest BCUT2D eigenvalue weighted by Crippen LogP contribution is 2.31. The number of aryl methyl sites for hydroxylation is 1. The fraction of sp³-hybridized carbons (Fsp3) is 0.308. The van der Waals surface area contributed by atoms with Gasteiger partial charge in [0.25, 0.3) is 0 Å². The number of carbonyl (C=O) groups excluding carboxylic acids is 1. The molecule has 0 aliphatic heterocycles. The molecule has 112 valence electrons. The Morgan fingerprint density at radius 2 is 1.90 bits per heavy atom. The number of benzene rings is 1. The largest absolute Gasteiger partial charge is 0.464 e. The molecule has 0 saturated heterocycles. The van der Waals surface area contributed by atoms with Crippen molar-refractivity contribution in [2.24, 2.45) is 0 Å². The Kier molecular flexibility index (Phi) is 3.97. The average molecular weight is 299 g/mol. The first kappa shape index (κ1) is 15.0. The van der Waals surface area contributed by atoms with Crippen LogP contribution in [0.3, 0.4) is 0 Å². The number of ether oxygens (including phenoxy) is 1. The maximum atomic E-state index is 13.1. The van der Waals surface area contributed by atoms with E-state index in [4.69, 9.17) is 0 Å². The summed E-state index contributed by atoms with van der Waals surface area (Å²) in [4.78, 5) is 11.4. The van der Waals surface area contributed by atoms with Crippen LogP contribution in [0.2, 0.25) is 0 Å². The highest BCUT2D eigenvalue weighted by Gasteiger charge is 2.41. The van der Waals surface area contributed by atoms with Crippen LogP contribution >= 0.6 is 0 Å². The number of hydrogen-bond donors (Lipinski definition) is 0. The summed E-state index contributed by atoms with van der Waals surface area (Å²) >= 11 is 0. The smallest absolute Gasteiger partial charge is 0.435 e. The van der Waals surface area contributed by atoms with E-state index in [1.54, 1.807) is 24.3 Å². The lowest BCUT2D eigenvalue weighted by atomic mass is 10.1. The Morgan fingerprint density at radius 1 is 1.29 bits per heavy atom. The summed E-state index contributed by atoms with van der Waals surface area (Å²) in [6.45, 7) is 1.73. The molecular formula is C13H12F3N3O2. The number of rotatable bonds is 3. The van der Waals surface area contributed by atoms with E-state index in [-0.39, 0.29) is 6.54 Å². The van der Waals surface area contributed by atoms with Crippen molar-refractivity contribution < 1.29 is 22.7 Å². The molecule has 21 heavy (non-hydrogen) atoms. The van der Waals surface area contributed by atoms with Gasteiger partial charge in [-0.1, -0.05) is 35.0 Å². The number of methoxy groups -OCH3 is 1. The lowest BCUT2D eigenvalue weighted by molar-refractivity contribution is -0.144. The van der Waals surface area contributed by atoms with Crippen LogP contribution in [0.15, 0.2) is 24.3 Å². The number of halogens is 3. The van der Waals surface area contributed by atoms with Crippen LogP contribution in [0, 0.1) is 6.92 Å².